The maximum Gasteiger partial charge on any atom is 0.161 e. The third-order valence-electron chi connectivity index (χ3n) is 4.35. The molecule has 1 aromatic heterocycles. The number of hydrogen-bond acceptors (Lipinski definition) is 4. The molecule has 0 aliphatic rings. The molecule has 0 amide bonds. The second-order valence-electron chi connectivity index (χ2n) is 6.51. The van der Waals surface area contributed by atoms with Crippen LogP contribution in [0, 0.1) is 5.82 Å². The van der Waals surface area contributed by atoms with Crippen molar-refractivity contribution in [2.24, 2.45) is 0 Å². The first-order valence-electron chi connectivity index (χ1n) is 9.58. The van der Waals surface area contributed by atoms with Gasteiger partial charge in [0, 0.05) is 18.3 Å². The number of aromatic nitrogens is 1. The fourth-order valence-electron chi connectivity index (χ4n) is 2.86. The largest absolute Gasteiger partial charge is 0.490 e. The number of rotatable bonds is 10. The Hall–Kier alpha value is -2.63. The van der Waals surface area contributed by atoms with Crippen molar-refractivity contribution >= 4 is 11.6 Å². The van der Waals surface area contributed by atoms with E-state index >= 15 is 0 Å². The Kier molecular flexibility index (Phi) is 7.85. The molecular weight excluding hydrogens is 391 g/mol. The first-order valence-corrected chi connectivity index (χ1v) is 9.96. The Bertz CT molecular complexity index is 919. The van der Waals surface area contributed by atoms with E-state index < -0.39 is 0 Å². The average Bonchev–Trinajstić information content (AvgIpc) is 2.73. The molecular formula is C23H24ClFN2O2. The van der Waals surface area contributed by atoms with E-state index in [-0.39, 0.29) is 5.82 Å². The Morgan fingerprint density at radius 1 is 1.00 bits per heavy atom. The molecule has 0 saturated heterocycles. The van der Waals surface area contributed by atoms with Crippen LogP contribution in [0.5, 0.6) is 11.5 Å². The van der Waals surface area contributed by atoms with E-state index in [2.05, 4.69) is 10.3 Å². The minimum absolute atomic E-state index is 0.162. The van der Waals surface area contributed by atoms with Gasteiger partial charge in [-0.3, -0.25) is 0 Å². The lowest BCUT2D eigenvalue weighted by molar-refractivity contribution is 0.269. The molecule has 0 bridgehead atoms. The van der Waals surface area contributed by atoms with Crippen LogP contribution in [0.25, 0.3) is 0 Å². The molecule has 29 heavy (non-hydrogen) atoms. The number of pyridine rings is 1. The van der Waals surface area contributed by atoms with Crippen LogP contribution in [0.15, 0.2) is 60.8 Å². The van der Waals surface area contributed by atoms with Crippen LogP contribution in [-0.2, 0) is 19.6 Å². The number of nitrogens with one attached hydrogen (secondary N) is 1. The van der Waals surface area contributed by atoms with Gasteiger partial charge < -0.3 is 14.8 Å². The van der Waals surface area contributed by atoms with E-state index in [0.717, 1.165) is 16.7 Å². The number of hydrogen-bond donors (Lipinski definition) is 1. The molecule has 1 N–H and O–H groups in total. The highest BCUT2D eigenvalue weighted by Gasteiger charge is 2.08. The molecule has 2 aromatic carbocycles. The van der Waals surface area contributed by atoms with E-state index in [1.807, 2.05) is 43.3 Å². The van der Waals surface area contributed by atoms with Crippen LogP contribution in [-0.4, -0.2) is 18.1 Å². The van der Waals surface area contributed by atoms with Crippen LogP contribution >= 0.6 is 11.6 Å². The normalized spacial score (nSPS) is 10.7. The fourth-order valence-corrected chi connectivity index (χ4v) is 2.97. The smallest absolute Gasteiger partial charge is 0.161 e. The Balaban J connectivity index is 1.55. The highest BCUT2D eigenvalue weighted by Crippen LogP contribution is 2.29. The van der Waals surface area contributed by atoms with E-state index in [1.165, 1.54) is 6.07 Å². The van der Waals surface area contributed by atoms with E-state index in [1.54, 1.807) is 18.3 Å². The topological polar surface area (TPSA) is 43.4 Å². The van der Waals surface area contributed by atoms with Gasteiger partial charge in [-0.05, 0) is 55.3 Å². The van der Waals surface area contributed by atoms with Gasteiger partial charge >= 0.3 is 0 Å². The Morgan fingerprint density at radius 3 is 2.59 bits per heavy atom. The second kappa shape index (κ2) is 10.8. The Morgan fingerprint density at radius 2 is 1.83 bits per heavy atom. The third kappa shape index (κ3) is 6.44. The predicted octanol–water partition coefficient (Wildman–Crippen LogP) is 5.18. The quantitative estimate of drug-likeness (QED) is 0.366. The summed E-state index contributed by atoms with van der Waals surface area (Å²) in [6, 6.07) is 16.3. The molecule has 0 unspecified atom stereocenters. The lowest BCUT2D eigenvalue weighted by atomic mass is 10.1. The molecule has 0 saturated carbocycles. The fraction of sp³-hybridized carbons (Fsp3) is 0.261. The summed E-state index contributed by atoms with van der Waals surface area (Å²) in [6.45, 7) is 4.21. The number of halogens is 2. The van der Waals surface area contributed by atoms with Crippen LogP contribution < -0.4 is 14.8 Å². The van der Waals surface area contributed by atoms with Gasteiger partial charge in [-0.2, -0.15) is 0 Å². The zero-order valence-corrected chi connectivity index (χ0v) is 17.1. The number of ether oxygens (including phenoxy) is 2. The van der Waals surface area contributed by atoms with Gasteiger partial charge in [-0.15, -0.1) is 0 Å². The van der Waals surface area contributed by atoms with Crippen molar-refractivity contribution in [2.75, 3.05) is 13.2 Å². The van der Waals surface area contributed by atoms with Crippen molar-refractivity contribution in [3.8, 4) is 11.5 Å². The first kappa shape index (κ1) is 21.1. The standard InChI is InChI=1S/C23H24ClFN2O2/c1-2-28-22-13-17(14-26-12-11-19-5-3-4-6-20(19)25)7-9-21(22)29-16-18-8-10-23(24)27-15-18/h3-10,13,15,26H,2,11-12,14,16H2,1H3. The van der Waals surface area contributed by atoms with E-state index in [4.69, 9.17) is 21.1 Å². The number of nitrogens with zero attached hydrogens (tertiary/aromatic N) is 1. The molecule has 4 nitrogen and oxygen atoms in total. The van der Waals surface area contributed by atoms with Crippen molar-refractivity contribution in [3.05, 3.63) is 88.5 Å². The predicted molar refractivity (Wildman–Crippen MR) is 113 cm³/mol. The molecule has 3 aromatic rings. The molecule has 152 valence electrons. The summed E-state index contributed by atoms with van der Waals surface area (Å²) in [4.78, 5) is 4.06. The van der Waals surface area contributed by atoms with Gasteiger partial charge in [0.2, 0.25) is 0 Å². The molecule has 3 rings (SSSR count). The second-order valence-corrected chi connectivity index (χ2v) is 6.90. The van der Waals surface area contributed by atoms with Crippen molar-refractivity contribution in [3.63, 3.8) is 0 Å². The van der Waals surface area contributed by atoms with Crippen molar-refractivity contribution in [1.82, 2.24) is 10.3 Å². The van der Waals surface area contributed by atoms with Gasteiger partial charge in [-0.25, -0.2) is 9.37 Å². The summed E-state index contributed by atoms with van der Waals surface area (Å²) in [5.74, 6) is 1.21. The van der Waals surface area contributed by atoms with Crippen LogP contribution in [0.4, 0.5) is 4.39 Å². The molecule has 0 aliphatic carbocycles. The van der Waals surface area contributed by atoms with Crippen LogP contribution in [0.1, 0.15) is 23.6 Å². The Labute approximate surface area is 175 Å². The lowest BCUT2D eigenvalue weighted by Gasteiger charge is -2.14. The summed E-state index contributed by atoms with van der Waals surface area (Å²) < 4.78 is 25.3. The highest BCUT2D eigenvalue weighted by atomic mass is 35.5. The SMILES string of the molecule is CCOc1cc(CNCCc2ccccc2F)ccc1OCc1ccc(Cl)nc1. The molecule has 0 spiro atoms. The van der Waals surface area contributed by atoms with Crippen molar-refractivity contribution < 1.29 is 13.9 Å². The summed E-state index contributed by atoms with van der Waals surface area (Å²) in [5.41, 5.74) is 2.72. The van der Waals surface area contributed by atoms with Crippen molar-refractivity contribution in [2.45, 2.75) is 26.5 Å². The molecule has 0 aliphatic heterocycles. The monoisotopic (exact) mass is 414 g/mol. The van der Waals surface area contributed by atoms with Crippen molar-refractivity contribution in [1.29, 1.82) is 0 Å². The lowest BCUT2D eigenvalue weighted by Crippen LogP contribution is -2.17. The molecule has 0 radical (unpaired) electrons. The maximum absolute atomic E-state index is 13.7. The van der Waals surface area contributed by atoms with Crippen LogP contribution in [0.2, 0.25) is 5.15 Å². The van der Waals surface area contributed by atoms with Gasteiger partial charge in [0.05, 0.1) is 6.61 Å². The van der Waals surface area contributed by atoms with Gasteiger partial charge in [0.25, 0.3) is 0 Å². The minimum Gasteiger partial charge on any atom is -0.490 e. The van der Waals surface area contributed by atoms with Gasteiger partial charge in [-0.1, -0.05) is 41.9 Å². The zero-order chi connectivity index (χ0) is 20.5. The zero-order valence-electron chi connectivity index (χ0n) is 16.3. The molecule has 0 fully saturated rings. The first-order chi connectivity index (χ1) is 14.2. The van der Waals surface area contributed by atoms with Crippen LogP contribution in [0.3, 0.4) is 0 Å². The molecule has 6 heteroatoms. The summed E-state index contributed by atoms with van der Waals surface area (Å²) in [5, 5.41) is 3.80. The minimum atomic E-state index is -0.162. The number of benzene rings is 2. The summed E-state index contributed by atoms with van der Waals surface area (Å²) in [7, 11) is 0. The maximum atomic E-state index is 13.7. The average molecular weight is 415 g/mol. The van der Waals surface area contributed by atoms with E-state index in [9.17, 15) is 4.39 Å². The third-order valence-corrected chi connectivity index (χ3v) is 4.57. The molecule has 1 heterocycles. The summed E-state index contributed by atoms with van der Waals surface area (Å²) >= 11 is 5.81. The van der Waals surface area contributed by atoms with Gasteiger partial charge in [0.15, 0.2) is 11.5 Å². The highest BCUT2D eigenvalue weighted by molar-refractivity contribution is 6.29. The van der Waals surface area contributed by atoms with Gasteiger partial charge in [0.1, 0.15) is 17.6 Å². The summed E-state index contributed by atoms with van der Waals surface area (Å²) in [6.07, 6.45) is 2.33. The molecule has 0 atom stereocenters. The van der Waals surface area contributed by atoms with E-state index in [0.29, 0.717) is 49.4 Å².